The van der Waals surface area contributed by atoms with E-state index in [4.69, 9.17) is 22.7 Å². The lowest BCUT2D eigenvalue weighted by Crippen LogP contribution is -2.23. The first-order valence-electron chi connectivity index (χ1n) is 6.63. The molecule has 1 heterocycles. The molecule has 2 rings (SSSR count). The Balaban J connectivity index is 2.34. The van der Waals surface area contributed by atoms with Gasteiger partial charge in [0.05, 0.1) is 12.7 Å². The topological polar surface area (TPSA) is 51.4 Å². The van der Waals surface area contributed by atoms with Crippen LogP contribution in [0.2, 0.25) is 0 Å². The molecule has 0 bridgehead atoms. The standard InChI is InChI=1S/C16H19N3OS/c1-11-8-9-13(15(17)21)16(18-11)19(2)10-12-6-4-5-7-14(12)20-3/h4-9H,10H2,1-3H3,(H2,17,21). The Morgan fingerprint density at radius 3 is 2.67 bits per heavy atom. The summed E-state index contributed by atoms with van der Waals surface area (Å²) in [6.45, 7) is 2.61. The molecule has 0 aliphatic rings. The minimum absolute atomic E-state index is 0.351. The molecule has 21 heavy (non-hydrogen) atoms. The number of nitrogens with two attached hydrogens (primary N) is 1. The number of pyridine rings is 1. The second-order valence-electron chi connectivity index (χ2n) is 4.86. The van der Waals surface area contributed by atoms with Gasteiger partial charge in [-0.05, 0) is 25.1 Å². The van der Waals surface area contributed by atoms with E-state index in [0.29, 0.717) is 11.5 Å². The quantitative estimate of drug-likeness (QED) is 0.861. The van der Waals surface area contributed by atoms with E-state index < -0.39 is 0 Å². The van der Waals surface area contributed by atoms with Crippen molar-refractivity contribution < 1.29 is 4.74 Å². The summed E-state index contributed by atoms with van der Waals surface area (Å²) >= 11 is 5.11. The third kappa shape index (κ3) is 3.49. The van der Waals surface area contributed by atoms with Gasteiger partial charge in [-0.1, -0.05) is 30.4 Å². The Morgan fingerprint density at radius 1 is 1.29 bits per heavy atom. The van der Waals surface area contributed by atoms with Gasteiger partial charge in [-0.15, -0.1) is 0 Å². The fourth-order valence-electron chi connectivity index (χ4n) is 2.19. The minimum atomic E-state index is 0.351. The van der Waals surface area contributed by atoms with E-state index in [1.807, 2.05) is 55.3 Å². The Kier molecular flexibility index (Phi) is 4.75. The Bertz CT molecular complexity index is 658. The van der Waals surface area contributed by atoms with Crippen LogP contribution in [0.5, 0.6) is 5.75 Å². The van der Waals surface area contributed by atoms with Gasteiger partial charge in [-0.2, -0.15) is 0 Å². The van der Waals surface area contributed by atoms with Crippen molar-refractivity contribution in [2.75, 3.05) is 19.1 Å². The molecular formula is C16H19N3OS. The average Bonchev–Trinajstić information content (AvgIpc) is 2.47. The van der Waals surface area contributed by atoms with Crippen LogP contribution in [0.4, 0.5) is 5.82 Å². The van der Waals surface area contributed by atoms with E-state index in [9.17, 15) is 0 Å². The van der Waals surface area contributed by atoms with Crippen molar-refractivity contribution in [2.24, 2.45) is 5.73 Å². The lowest BCUT2D eigenvalue weighted by Gasteiger charge is -2.22. The van der Waals surface area contributed by atoms with Crippen molar-refractivity contribution in [2.45, 2.75) is 13.5 Å². The van der Waals surface area contributed by atoms with Crippen LogP contribution in [-0.4, -0.2) is 24.1 Å². The Labute approximate surface area is 130 Å². The van der Waals surface area contributed by atoms with Gasteiger partial charge in [-0.3, -0.25) is 0 Å². The molecule has 0 amide bonds. The van der Waals surface area contributed by atoms with Crippen LogP contribution in [0, 0.1) is 6.92 Å². The summed E-state index contributed by atoms with van der Waals surface area (Å²) in [4.78, 5) is 6.94. The van der Waals surface area contributed by atoms with Crippen molar-refractivity contribution in [1.82, 2.24) is 4.98 Å². The molecule has 0 spiro atoms. The lowest BCUT2D eigenvalue weighted by atomic mass is 10.1. The minimum Gasteiger partial charge on any atom is -0.496 e. The molecule has 4 nitrogen and oxygen atoms in total. The van der Waals surface area contributed by atoms with Gasteiger partial charge in [0.15, 0.2) is 0 Å². The zero-order valence-corrected chi connectivity index (χ0v) is 13.3. The number of rotatable bonds is 5. The normalized spacial score (nSPS) is 10.2. The first-order chi connectivity index (χ1) is 10.0. The Hall–Kier alpha value is -2.14. The molecular weight excluding hydrogens is 282 g/mol. The fourth-order valence-corrected chi connectivity index (χ4v) is 2.35. The maximum atomic E-state index is 5.79. The van der Waals surface area contributed by atoms with E-state index >= 15 is 0 Å². The summed E-state index contributed by atoms with van der Waals surface area (Å²) in [6, 6.07) is 11.7. The molecule has 2 N–H and O–H groups in total. The number of anilines is 1. The van der Waals surface area contributed by atoms with Crippen LogP contribution in [0.15, 0.2) is 36.4 Å². The second kappa shape index (κ2) is 6.54. The molecule has 1 aromatic carbocycles. The maximum absolute atomic E-state index is 5.79. The molecule has 0 radical (unpaired) electrons. The maximum Gasteiger partial charge on any atom is 0.139 e. The molecule has 0 aliphatic carbocycles. The number of ether oxygens (including phenoxy) is 1. The van der Waals surface area contributed by atoms with E-state index in [0.717, 1.165) is 28.4 Å². The summed E-state index contributed by atoms with van der Waals surface area (Å²) in [5.41, 5.74) is 8.59. The summed E-state index contributed by atoms with van der Waals surface area (Å²) in [6.07, 6.45) is 0. The van der Waals surface area contributed by atoms with E-state index in [1.165, 1.54) is 0 Å². The van der Waals surface area contributed by atoms with Crippen LogP contribution >= 0.6 is 12.2 Å². The molecule has 0 fully saturated rings. The molecule has 1 aromatic heterocycles. The summed E-state index contributed by atoms with van der Waals surface area (Å²) in [7, 11) is 3.64. The molecule has 0 atom stereocenters. The van der Waals surface area contributed by atoms with Crippen molar-refractivity contribution in [3.63, 3.8) is 0 Å². The van der Waals surface area contributed by atoms with Gasteiger partial charge in [0, 0.05) is 24.8 Å². The smallest absolute Gasteiger partial charge is 0.139 e. The van der Waals surface area contributed by atoms with Crippen LogP contribution in [-0.2, 0) is 6.54 Å². The number of para-hydroxylation sites is 1. The molecule has 5 heteroatoms. The molecule has 2 aromatic rings. The number of aryl methyl sites for hydroxylation is 1. The van der Waals surface area contributed by atoms with Crippen molar-refractivity contribution >= 4 is 23.0 Å². The predicted molar refractivity (Wildman–Crippen MR) is 90.0 cm³/mol. The predicted octanol–water partition coefficient (Wildman–Crippen LogP) is 2.67. The van der Waals surface area contributed by atoms with Crippen LogP contribution in [0.3, 0.4) is 0 Å². The molecule has 0 saturated carbocycles. The largest absolute Gasteiger partial charge is 0.496 e. The van der Waals surface area contributed by atoms with Crippen LogP contribution < -0.4 is 15.4 Å². The van der Waals surface area contributed by atoms with Gasteiger partial charge in [0.1, 0.15) is 16.6 Å². The third-order valence-electron chi connectivity index (χ3n) is 3.24. The van der Waals surface area contributed by atoms with Gasteiger partial charge >= 0.3 is 0 Å². The number of hydrogen-bond acceptors (Lipinski definition) is 4. The van der Waals surface area contributed by atoms with E-state index in [1.54, 1.807) is 7.11 Å². The highest BCUT2D eigenvalue weighted by Gasteiger charge is 2.13. The molecule has 110 valence electrons. The highest BCUT2D eigenvalue weighted by atomic mass is 32.1. The van der Waals surface area contributed by atoms with Crippen molar-refractivity contribution in [3.05, 3.63) is 53.2 Å². The van der Waals surface area contributed by atoms with E-state index in [2.05, 4.69) is 4.98 Å². The lowest BCUT2D eigenvalue weighted by molar-refractivity contribution is 0.409. The summed E-state index contributed by atoms with van der Waals surface area (Å²) in [5, 5.41) is 0. The zero-order valence-electron chi connectivity index (χ0n) is 12.5. The molecule has 0 saturated heterocycles. The molecule has 0 unspecified atom stereocenters. The van der Waals surface area contributed by atoms with Crippen molar-refractivity contribution in [3.8, 4) is 5.75 Å². The highest BCUT2D eigenvalue weighted by molar-refractivity contribution is 7.80. The number of nitrogens with zero attached hydrogens (tertiary/aromatic N) is 2. The first kappa shape index (κ1) is 15.3. The Morgan fingerprint density at radius 2 is 2.00 bits per heavy atom. The fraction of sp³-hybridized carbons (Fsp3) is 0.250. The van der Waals surface area contributed by atoms with Crippen LogP contribution in [0.25, 0.3) is 0 Å². The summed E-state index contributed by atoms with van der Waals surface area (Å²) < 4.78 is 5.39. The van der Waals surface area contributed by atoms with Gasteiger partial charge in [0.2, 0.25) is 0 Å². The molecule has 0 aliphatic heterocycles. The number of benzene rings is 1. The van der Waals surface area contributed by atoms with Crippen molar-refractivity contribution in [1.29, 1.82) is 0 Å². The average molecular weight is 301 g/mol. The van der Waals surface area contributed by atoms with Gasteiger partial charge in [-0.25, -0.2) is 4.98 Å². The highest BCUT2D eigenvalue weighted by Crippen LogP contribution is 2.23. The van der Waals surface area contributed by atoms with Gasteiger partial charge < -0.3 is 15.4 Å². The second-order valence-corrected chi connectivity index (χ2v) is 5.30. The number of aromatic nitrogens is 1. The number of thiocarbonyl (C=S) groups is 1. The summed E-state index contributed by atoms with van der Waals surface area (Å²) in [5.74, 6) is 1.64. The SMILES string of the molecule is COc1ccccc1CN(C)c1nc(C)ccc1C(N)=S. The zero-order chi connectivity index (χ0) is 15.4. The van der Waals surface area contributed by atoms with Crippen LogP contribution in [0.1, 0.15) is 16.8 Å². The first-order valence-corrected chi connectivity index (χ1v) is 7.04. The van der Waals surface area contributed by atoms with Gasteiger partial charge in [0.25, 0.3) is 0 Å². The third-order valence-corrected chi connectivity index (χ3v) is 3.46. The van der Waals surface area contributed by atoms with E-state index in [-0.39, 0.29) is 0 Å². The number of methoxy groups -OCH3 is 1. The monoisotopic (exact) mass is 301 g/mol. The number of hydrogen-bond donors (Lipinski definition) is 1.